The summed E-state index contributed by atoms with van der Waals surface area (Å²) in [5.41, 5.74) is 0. The zero-order valence-corrected chi connectivity index (χ0v) is 5.53. The van der Waals surface area contributed by atoms with Gasteiger partial charge in [-0.25, -0.2) is 4.37 Å². The predicted molar refractivity (Wildman–Crippen MR) is 32.4 cm³/mol. The standard InChI is InChI=1S/C3H3NS.BrH/c1-2-4-5-3-1;/h1-3H;1H. The quantitative estimate of drug-likeness (QED) is 0.571. The molecule has 0 saturated heterocycles. The lowest BCUT2D eigenvalue weighted by molar-refractivity contribution is 1.58. The van der Waals surface area contributed by atoms with E-state index in [4.69, 9.17) is 0 Å². The Hall–Kier alpha value is 0.110. The Kier molecular flexibility index (Phi) is 3.37. The molecular weight excluding hydrogens is 162 g/mol. The lowest BCUT2D eigenvalue weighted by Crippen LogP contribution is -1.32. The molecule has 1 heterocycles. The van der Waals surface area contributed by atoms with Gasteiger partial charge in [0.25, 0.3) is 0 Å². The molecule has 0 N–H and O–H groups in total. The second-order valence-corrected chi connectivity index (χ2v) is 1.38. The topological polar surface area (TPSA) is 12.9 Å². The zero-order valence-electron chi connectivity index (χ0n) is 3.00. The van der Waals surface area contributed by atoms with Crippen LogP contribution in [0.2, 0.25) is 0 Å². The van der Waals surface area contributed by atoms with Crippen molar-refractivity contribution in [2.75, 3.05) is 0 Å². The van der Waals surface area contributed by atoms with Crippen molar-refractivity contribution in [2.24, 2.45) is 0 Å². The van der Waals surface area contributed by atoms with Crippen LogP contribution in [0.3, 0.4) is 0 Å². The zero-order chi connectivity index (χ0) is 3.54. The van der Waals surface area contributed by atoms with Crippen molar-refractivity contribution >= 4 is 28.5 Å². The van der Waals surface area contributed by atoms with Gasteiger partial charge in [0.1, 0.15) is 0 Å². The minimum atomic E-state index is 0. The second kappa shape index (κ2) is 3.31. The maximum atomic E-state index is 3.76. The summed E-state index contributed by atoms with van der Waals surface area (Å²) < 4.78 is 3.76. The van der Waals surface area contributed by atoms with Gasteiger partial charge in [-0.3, -0.25) is 0 Å². The van der Waals surface area contributed by atoms with Crippen molar-refractivity contribution in [1.29, 1.82) is 0 Å². The molecule has 3 heteroatoms. The number of halogens is 1. The molecule has 0 bridgehead atoms. The SMILES string of the molecule is Br.c1cnsc1. The van der Waals surface area contributed by atoms with Crippen LogP contribution >= 0.6 is 28.5 Å². The van der Waals surface area contributed by atoms with E-state index in [1.54, 1.807) is 6.20 Å². The van der Waals surface area contributed by atoms with E-state index < -0.39 is 0 Å². The van der Waals surface area contributed by atoms with Crippen molar-refractivity contribution in [2.45, 2.75) is 0 Å². The van der Waals surface area contributed by atoms with Gasteiger partial charge in [0, 0.05) is 11.6 Å². The number of nitrogens with zero attached hydrogens (tertiary/aromatic N) is 1. The highest BCUT2D eigenvalue weighted by atomic mass is 79.9. The first kappa shape index (κ1) is 6.11. The summed E-state index contributed by atoms with van der Waals surface area (Å²) in [4.78, 5) is 0. The molecule has 0 saturated carbocycles. The Bertz CT molecular complexity index is 67.3. The Morgan fingerprint density at radius 2 is 2.33 bits per heavy atom. The molecule has 0 unspecified atom stereocenters. The minimum Gasteiger partial charge on any atom is -0.201 e. The highest BCUT2D eigenvalue weighted by Crippen LogP contribution is 1.83. The summed E-state index contributed by atoms with van der Waals surface area (Å²) in [5, 5.41) is 1.93. The Morgan fingerprint density at radius 3 is 2.50 bits per heavy atom. The number of rotatable bonds is 0. The Morgan fingerprint density at radius 1 is 1.50 bits per heavy atom. The average molecular weight is 166 g/mol. The smallest absolute Gasteiger partial charge is 0.0406 e. The van der Waals surface area contributed by atoms with Gasteiger partial charge < -0.3 is 0 Å². The third-order valence-electron chi connectivity index (χ3n) is 0.347. The molecule has 1 aromatic heterocycles. The van der Waals surface area contributed by atoms with Crippen LogP contribution in [0.15, 0.2) is 17.6 Å². The molecule has 0 aliphatic carbocycles. The van der Waals surface area contributed by atoms with Crippen molar-refractivity contribution < 1.29 is 0 Å². The fraction of sp³-hybridized carbons (Fsp3) is 0. The molecule has 1 rings (SSSR count). The summed E-state index contributed by atoms with van der Waals surface area (Å²) in [6.07, 6.45) is 1.77. The lowest BCUT2D eigenvalue weighted by Gasteiger charge is -1.41. The normalized spacial score (nSPS) is 6.67. The number of hydrogen-bond donors (Lipinski definition) is 0. The van der Waals surface area contributed by atoms with E-state index in [9.17, 15) is 0 Å². The van der Waals surface area contributed by atoms with Gasteiger partial charge in [-0.15, -0.1) is 17.0 Å². The van der Waals surface area contributed by atoms with E-state index >= 15 is 0 Å². The molecular formula is C3H4BrNS. The van der Waals surface area contributed by atoms with Crippen LogP contribution in [-0.4, -0.2) is 4.37 Å². The molecule has 0 radical (unpaired) electrons. The molecule has 0 aliphatic rings. The van der Waals surface area contributed by atoms with Gasteiger partial charge >= 0.3 is 0 Å². The highest BCUT2D eigenvalue weighted by molar-refractivity contribution is 8.93. The Balaban J connectivity index is 0.000000250. The fourth-order valence-electron chi connectivity index (χ4n) is 0.176. The summed E-state index contributed by atoms with van der Waals surface area (Å²) in [7, 11) is 0. The van der Waals surface area contributed by atoms with E-state index in [1.807, 2.05) is 11.4 Å². The van der Waals surface area contributed by atoms with Crippen molar-refractivity contribution in [1.82, 2.24) is 4.37 Å². The van der Waals surface area contributed by atoms with Crippen LogP contribution < -0.4 is 0 Å². The fourth-order valence-corrected chi connectivity index (χ4v) is 0.527. The number of hydrogen-bond acceptors (Lipinski definition) is 2. The van der Waals surface area contributed by atoms with Crippen LogP contribution in [0.5, 0.6) is 0 Å². The van der Waals surface area contributed by atoms with Crippen LogP contribution in [-0.2, 0) is 0 Å². The third kappa shape index (κ3) is 1.52. The molecule has 0 aliphatic heterocycles. The molecule has 0 amide bonds. The van der Waals surface area contributed by atoms with Gasteiger partial charge in [-0.2, -0.15) is 0 Å². The number of aromatic nitrogens is 1. The molecule has 0 aromatic carbocycles. The van der Waals surface area contributed by atoms with Crippen molar-refractivity contribution in [3.8, 4) is 0 Å². The van der Waals surface area contributed by atoms with E-state index in [1.165, 1.54) is 11.5 Å². The van der Waals surface area contributed by atoms with Gasteiger partial charge in [-0.1, -0.05) is 0 Å². The van der Waals surface area contributed by atoms with Crippen LogP contribution in [0.4, 0.5) is 0 Å². The van der Waals surface area contributed by atoms with Crippen LogP contribution in [0.1, 0.15) is 0 Å². The molecule has 34 valence electrons. The monoisotopic (exact) mass is 165 g/mol. The average Bonchev–Trinajstić information content (AvgIpc) is 1.76. The molecule has 0 atom stereocenters. The van der Waals surface area contributed by atoms with Crippen LogP contribution in [0, 0.1) is 0 Å². The van der Waals surface area contributed by atoms with E-state index in [2.05, 4.69) is 4.37 Å². The minimum absolute atomic E-state index is 0. The molecule has 1 nitrogen and oxygen atoms in total. The molecule has 0 fully saturated rings. The first-order chi connectivity index (χ1) is 2.50. The van der Waals surface area contributed by atoms with Gasteiger partial charge in [-0.05, 0) is 17.6 Å². The maximum Gasteiger partial charge on any atom is 0.0406 e. The first-order valence-electron chi connectivity index (χ1n) is 1.34. The van der Waals surface area contributed by atoms with Gasteiger partial charge in [0.2, 0.25) is 0 Å². The Labute approximate surface area is 50.9 Å². The van der Waals surface area contributed by atoms with Gasteiger partial charge in [0.05, 0.1) is 0 Å². The third-order valence-corrected chi connectivity index (χ3v) is 0.869. The largest absolute Gasteiger partial charge is 0.201 e. The molecule has 0 spiro atoms. The van der Waals surface area contributed by atoms with Crippen LogP contribution in [0.25, 0.3) is 0 Å². The molecule has 1 aromatic rings. The maximum absolute atomic E-state index is 3.76. The first-order valence-corrected chi connectivity index (χ1v) is 2.18. The highest BCUT2D eigenvalue weighted by Gasteiger charge is 1.59. The van der Waals surface area contributed by atoms with Gasteiger partial charge in [0.15, 0.2) is 0 Å². The van der Waals surface area contributed by atoms with Crippen molar-refractivity contribution in [3.63, 3.8) is 0 Å². The van der Waals surface area contributed by atoms with E-state index in [0.29, 0.717) is 0 Å². The predicted octanol–water partition coefficient (Wildman–Crippen LogP) is 1.72. The summed E-state index contributed by atoms with van der Waals surface area (Å²) >= 11 is 1.46. The second-order valence-electron chi connectivity index (χ2n) is 0.688. The van der Waals surface area contributed by atoms with E-state index in [-0.39, 0.29) is 17.0 Å². The van der Waals surface area contributed by atoms with E-state index in [0.717, 1.165) is 0 Å². The molecule has 6 heavy (non-hydrogen) atoms. The summed E-state index contributed by atoms with van der Waals surface area (Å²) in [6.45, 7) is 0. The summed E-state index contributed by atoms with van der Waals surface area (Å²) in [6, 6.07) is 1.91. The van der Waals surface area contributed by atoms with Crippen molar-refractivity contribution in [3.05, 3.63) is 17.6 Å². The summed E-state index contributed by atoms with van der Waals surface area (Å²) in [5.74, 6) is 0. The lowest BCUT2D eigenvalue weighted by atomic mass is 10.8.